The monoisotopic (exact) mass is 350 g/mol. The second-order valence-electron chi connectivity index (χ2n) is 5.52. The zero-order valence-corrected chi connectivity index (χ0v) is 14.9. The summed E-state index contributed by atoms with van der Waals surface area (Å²) in [7, 11) is 1.66. The van der Waals surface area contributed by atoms with E-state index in [9.17, 15) is 0 Å². The minimum atomic E-state index is 0.555. The number of nitrogens with one attached hydrogen (secondary N) is 2. The SMILES string of the molecule is CCOc1ccccc1Nc1ccnc(NCc2ccc(OC)cc2)n1. The molecule has 0 aliphatic heterocycles. The zero-order valence-electron chi connectivity index (χ0n) is 14.9. The highest BCUT2D eigenvalue weighted by Crippen LogP contribution is 2.26. The quantitative estimate of drug-likeness (QED) is 0.633. The lowest BCUT2D eigenvalue weighted by Gasteiger charge is -2.12. The molecular weight excluding hydrogens is 328 g/mol. The van der Waals surface area contributed by atoms with Crippen LogP contribution in [0.25, 0.3) is 0 Å². The van der Waals surface area contributed by atoms with Crippen molar-refractivity contribution in [1.82, 2.24) is 9.97 Å². The lowest BCUT2D eigenvalue weighted by Crippen LogP contribution is -2.05. The molecular formula is C20H22N4O2. The van der Waals surface area contributed by atoms with Crippen molar-refractivity contribution in [3.63, 3.8) is 0 Å². The van der Waals surface area contributed by atoms with Crippen LogP contribution >= 0.6 is 0 Å². The van der Waals surface area contributed by atoms with Crippen molar-refractivity contribution >= 4 is 17.5 Å². The summed E-state index contributed by atoms with van der Waals surface area (Å²) in [5.74, 6) is 2.88. The molecule has 1 heterocycles. The van der Waals surface area contributed by atoms with Crippen LogP contribution in [0.4, 0.5) is 17.5 Å². The average Bonchev–Trinajstić information content (AvgIpc) is 2.69. The first-order chi connectivity index (χ1) is 12.8. The second-order valence-corrected chi connectivity index (χ2v) is 5.52. The third kappa shape index (κ3) is 4.63. The van der Waals surface area contributed by atoms with E-state index in [0.29, 0.717) is 24.9 Å². The van der Waals surface area contributed by atoms with E-state index in [1.54, 1.807) is 13.3 Å². The van der Waals surface area contributed by atoms with Gasteiger partial charge in [-0.3, -0.25) is 0 Å². The Balaban J connectivity index is 1.66. The number of hydrogen-bond acceptors (Lipinski definition) is 6. The maximum atomic E-state index is 5.63. The summed E-state index contributed by atoms with van der Waals surface area (Å²) in [4.78, 5) is 8.77. The second kappa shape index (κ2) is 8.71. The molecule has 3 rings (SSSR count). The summed E-state index contributed by atoms with van der Waals surface area (Å²) in [6, 6.07) is 17.5. The minimum Gasteiger partial charge on any atom is -0.497 e. The van der Waals surface area contributed by atoms with Crippen LogP contribution in [-0.2, 0) is 6.54 Å². The number of benzene rings is 2. The van der Waals surface area contributed by atoms with Gasteiger partial charge in [0, 0.05) is 12.7 Å². The van der Waals surface area contributed by atoms with Crippen molar-refractivity contribution in [1.29, 1.82) is 0 Å². The highest BCUT2D eigenvalue weighted by Gasteiger charge is 2.05. The molecule has 0 radical (unpaired) electrons. The van der Waals surface area contributed by atoms with Gasteiger partial charge in [-0.2, -0.15) is 4.98 Å². The predicted molar refractivity (Wildman–Crippen MR) is 103 cm³/mol. The Bertz CT molecular complexity index is 837. The van der Waals surface area contributed by atoms with Gasteiger partial charge in [0.15, 0.2) is 0 Å². The fourth-order valence-electron chi connectivity index (χ4n) is 2.43. The average molecular weight is 350 g/mol. The van der Waals surface area contributed by atoms with E-state index in [1.165, 1.54) is 0 Å². The lowest BCUT2D eigenvalue weighted by molar-refractivity contribution is 0.342. The Morgan fingerprint density at radius 1 is 1.00 bits per heavy atom. The molecule has 0 amide bonds. The first-order valence-corrected chi connectivity index (χ1v) is 8.47. The summed E-state index contributed by atoms with van der Waals surface area (Å²) in [5.41, 5.74) is 1.99. The highest BCUT2D eigenvalue weighted by molar-refractivity contribution is 5.64. The van der Waals surface area contributed by atoms with E-state index in [-0.39, 0.29) is 0 Å². The molecule has 0 spiro atoms. The zero-order chi connectivity index (χ0) is 18.2. The number of rotatable bonds is 8. The number of methoxy groups -OCH3 is 1. The first-order valence-electron chi connectivity index (χ1n) is 8.47. The standard InChI is InChI=1S/C20H22N4O2/c1-3-26-18-7-5-4-6-17(18)23-19-12-13-21-20(24-19)22-14-15-8-10-16(25-2)11-9-15/h4-13H,3,14H2,1-2H3,(H2,21,22,23,24). The van der Waals surface area contributed by atoms with E-state index < -0.39 is 0 Å². The molecule has 0 atom stereocenters. The number of aromatic nitrogens is 2. The predicted octanol–water partition coefficient (Wildman–Crippen LogP) is 4.24. The Kier molecular flexibility index (Phi) is 5.88. The highest BCUT2D eigenvalue weighted by atomic mass is 16.5. The molecule has 134 valence electrons. The van der Waals surface area contributed by atoms with E-state index in [0.717, 1.165) is 22.7 Å². The Hall–Kier alpha value is -3.28. The third-order valence-corrected chi connectivity index (χ3v) is 3.71. The van der Waals surface area contributed by atoms with Crippen LogP contribution in [0.2, 0.25) is 0 Å². The van der Waals surface area contributed by atoms with Crippen LogP contribution in [0.5, 0.6) is 11.5 Å². The first kappa shape index (κ1) is 17.5. The molecule has 2 N–H and O–H groups in total. The van der Waals surface area contributed by atoms with Gasteiger partial charge in [0.1, 0.15) is 17.3 Å². The lowest BCUT2D eigenvalue weighted by atomic mass is 10.2. The van der Waals surface area contributed by atoms with Gasteiger partial charge in [0.25, 0.3) is 0 Å². The van der Waals surface area contributed by atoms with Gasteiger partial charge >= 0.3 is 0 Å². The van der Waals surface area contributed by atoms with Crippen molar-refractivity contribution in [2.75, 3.05) is 24.4 Å². The number of hydrogen-bond donors (Lipinski definition) is 2. The number of anilines is 3. The molecule has 0 saturated carbocycles. The van der Waals surface area contributed by atoms with Crippen LogP contribution < -0.4 is 20.1 Å². The minimum absolute atomic E-state index is 0.555. The summed E-state index contributed by atoms with van der Waals surface area (Å²) < 4.78 is 10.8. The van der Waals surface area contributed by atoms with E-state index in [1.807, 2.05) is 61.5 Å². The number of nitrogens with zero attached hydrogens (tertiary/aromatic N) is 2. The topological polar surface area (TPSA) is 68.3 Å². The number of para-hydroxylation sites is 2. The van der Waals surface area contributed by atoms with Crippen molar-refractivity contribution in [3.05, 3.63) is 66.4 Å². The van der Waals surface area contributed by atoms with Gasteiger partial charge in [0.05, 0.1) is 19.4 Å². The fourth-order valence-corrected chi connectivity index (χ4v) is 2.43. The molecule has 0 fully saturated rings. The molecule has 0 bridgehead atoms. The maximum Gasteiger partial charge on any atom is 0.224 e. The van der Waals surface area contributed by atoms with Gasteiger partial charge < -0.3 is 20.1 Å². The Labute approximate surface area is 153 Å². The van der Waals surface area contributed by atoms with Crippen LogP contribution in [0, 0.1) is 0 Å². The van der Waals surface area contributed by atoms with Crippen LogP contribution in [-0.4, -0.2) is 23.7 Å². The Morgan fingerprint density at radius 2 is 1.81 bits per heavy atom. The Morgan fingerprint density at radius 3 is 2.58 bits per heavy atom. The van der Waals surface area contributed by atoms with E-state index in [2.05, 4.69) is 20.6 Å². The molecule has 0 aliphatic rings. The van der Waals surface area contributed by atoms with Gasteiger partial charge in [-0.25, -0.2) is 4.98 Å². The molecule has 26 heavy (non-hydrogen) atoms. The van der Waals surface area contributed by atoms with E-state index in [4.69, 9.17) is 9.47 Å². The summed E-state index contributed by atoms with van der Waals surface area (Å²) in [6.07, 6.45) is 1.72. The fraction of sp³-hybridized carbons (Fsp3) is 0.200. The maximum absolute atomic E-state index is 5.63. The van der Waals surface area contributed by atoms with Gasteiger partial charge in [-0.15, -0.1) is 0 Å². The molecule has 1 aromatic heterocycles. The molecule has 6 nitrogen and oxygen atoms in total. The normalized spacial score (nSPS) is 10.2. The molecule has 0 aliphatic carbocycles. The van der Waals surface area contributed by atoms with Crippen LogP contribution in [0.3, 0.4) is 0 Å². The molecule has 0 unspecified atom stereocenters. The third-order valence-electron chi connectivity index (χ3n) is 3.71. The largest absolute Gasteiger partial charge is 0.497 e. The van der Waals surface area contributed by atoms with Crippen molar-refractivity contribution in [3.8, 4) is 11.5 Å². The smallest absolute Gasteiger partial charge is 0.224 e. The van der Waals surface area contributed by atoms with Crippen molar-refractivity contribution in [2.45, 2.75) is 13.5 Å². The molecule has 0 saturated heterocycles. The summed E-state index contributed by atoms with van der Waals surface area (Å²) in [6.45, 7) is 3.20. The van der Waals surface area contributed by atoms with Crippen LogP contribution in [0.1, 0.15) is 12.5 Å². The summed E-state index contributed by atoms with van der Waals surface area (Å²) in [5, 5.41) is 6.51. The van der Waals surface area contributed by atoms with Gasteiger partial charge in [0.2, 0.25) is 5.95 Å². The van der Waals surface area contributed by atoms with Crippen LogP contribution in [0.15, 0.2) is 60.8 Å². The van der Waals surface area contributed by atoms with Gasteiger partial charge in [-0.05, 0) is 42.8 Å². The van der Waals surface area contributed by atoms with Crippen molar-refractivity contribution < 1.29 is 9.47 Å². The summed E-state index contributed by atoms with van der Waals surface area (Å²) >= 11 is 0. The van der Waals surface area contributed by atoms with Gasteiger partial charge in [-0.1, -0.05) is 24.3 Å². The molecule has 6 heteroatoms. The molecule has 3 aromatic rings. The molecule has 2 aromatic carbocycles. The number of ether oxygens (including phenoxy) is 2. The van der Waals surface area contributed by atoms with Crippen molar-refractivity contribution in [2.24, 2.45) is 0 Å². The van der Waals surface area contributed by atoms with E-state index >= 15 is 0 Å².